The minimum Gasteiger partial charge on any atom is -0.201 e. The van der Waals surface area contributed by atoms with Gasteiger partial charge in [0.15, 0.2) is 0 Å². The summed E-state index contributed by atoms with van der Waals surface area (Å²) in [5, 5.41) is 0. The minimum absolute atomic E-state index is 0.601. The van der Waals surface area contributed by atoms with Gasteiger partial charge in [0, 0.05) is 13.0 Å². The van der Waals surface area contributed by atoms with Gasteiger partial charge in [0.1, 0.15) is 13.2 Å². The molecule has 3 heteroatoms. The smallest absolute Gasteiger partial charge is 0.201 e. The van der Waals surface area contributed by atoms with Crippen molar-refractivity contribution in [3.8, 4) is 0 Å². The molecule has 1 aliphatic rings. The van der Waals surface area contributed by atoms with Crippen LogP contribution in [0.1, 0.15) is 6.92 Å². The Morgan fingerprint density at radius 1 is 1.58 bits per heavy atom. The van der Waals surface area contributed by atoms with Crippen LogP contribution in [0.15, 0.2) is 35.9 Å². The summed E-state index contributed by atoms with van der Waals surface area (Å²) in [7, 11) is 2.08. The second kappa shape index (κ2) is 2.32. The zero-order chi connectivity index (χ0) is 8.60. The van der Waals surface area contributed by atoms with Crippen LogP contribution in [-0.2, 0) is 0 Å². The fraction of sp³-hybridized carbons (Fsp3) is 0.222. The Balaban J connectivity index is 2.47. The van der Waals surface area contributed by atoms with E-state index in [9.17, 15) is 0 Å². The minimum atomic E-state index is 0.601. The van der Waals surface area contributed by atoms with Crippen molar-refractivity contribution in [1.29, 1.82) is 0 Å². The van der Waals surface area contributed by atoms with Gasteiger partial charge in [-0.2, -0.15) is 4.68 Å². The molecule has 12 heavy (non-hydrogen) atoms. The molecule has 1 aliphatic heterocycles. The van der Waals surface area contributed by atoms with Crippen molar-refractivity contribution in [2.75, 3.05) is 7.05 Å². The van der Waals surface area contributed by atoms with Crippen molar-refractivity contribution in [3.63, 3.8) is 0 Å². The molecule has 1 atom stereocenters. The van der Waals surface area contributed by atoms with Crippen molar-refractivity contribution in [3.05, 3.63) is 36.9 Å². The van der Waals surface area contributed by atoms with Crippen molar-refractivity contribution in [2.24, 2.45) is 4.99 Å². The fourth-order valence-electron chi connectivity index (χ4n) is 1.28. The first kappa shape index (κ1) is 7.31. The third-order valence-electron chi connectivity index (χ3n) is 2.28. The zero-order valence-electron chi connectivity index (χ0n) is 7.23. The molecular weight excluding hydrogens is 150 g/mol. The monoisotopic (exact) mass is 161 g/mol. The van der Waals surface area contributed by atoms with Crippen LogP contribution in [0.3, 0.4) is 0 Å². The van der Waals surface area contributed by atoms with Crippen LogP contribution in [0, 0.1) is 6.07 Å². The van der Waals surface area contributed by atoms with Crippen LogP contribution in [0.2, 0.25) is 0 Å². The first-order valence-electron chi connectivity index (χ1n) is 3.87. The summed E-state index contributed by atoms with van der Waals surface area (Å²) in [5.74, 6) is 1.06. The fourth-order valence-corrected chi connectivity index (χ4v) is 1.28. The second-order valence-electron chi connectivity index (χ2n) is 2.99. The molecule has 1 radical (unpaired) electrons. The van der Waals surface area contributed by atoms with Crippen molar-refractivity contribution in [2.45, 2.75) is 6.92 Å². The predicted molar refractivity (Wildman–Crippen MR) is 49.0 cm³/mol. The van der Waals surface area contributed by atoms with E-state index in [1.165, 1.54) is 0 Å². The molecule has 0 aromatic carbocycles. The van der Waals surface area contributed by atoms with Gasteiger partial charge in [0.25, 0.3) is 0 Å². The highest BCUT2D eigenvalue weighted by atomic mass is 15.7. The van der Waals surface area contributed by atoms with Crippen LogP contribution in [-0.4, -0.2) is 17.6 Å². The van der Waals surface area contributed by atoms with Crippen molar-refractivity contribution < 1.29 is 0 Å². The molecule has 0 spiro atoms. The Bertz CT molecular complexity index is 335. The summed E-state index contributed by atoms with van der Waals surface area (Å²) in [4.78, 5) is 4.22. The van der Waals surface area contributed by atoms with Gasteiger partial charge in [-0.05, 0) is 6.07 Å². The van der Waals surface area contributed by atoms with Crippen LogP contribution < -0.4 is 4.59 Å². The van der Waals surface area contributed by atoms with Crippen LogP contribution in [0.5, 0.6) is 0 Å². The number of aromatic nitrogens is 1. The molecule has 0 saturated heterocycles. The van der Waals surface area contributed by atoms with Gasteiger partial charge >= 0.3 is 0 Å². The Kier molecular flexibility index (Phi) is 1.41. The van der Waals surface area contributed by atoms with Crippen LogP contribution >= 0.6 is 0 Å². The number of aliphatic imine (C=N–C) groups is 1. The summed E-state index contributed by atoms with van der Waals surface area (Å²) in [6, 6.07) is 4.90. The Morgan fingerprint density at radius 3 is 2.92 bits per heavy atom. The topological polar surface area (TPSA) is 17.3 Å². The third kappa shape index (κ3) is 0.833. The Morgan fingerprint density at radius 2 is 2.42 bits per heavy atom. The largest absolute Gasteiger partial charge is 0.229 e. The summed E-state index contributed by atoms with van der Waals surface area (Å²) in [5.41, 5.74) is 0. The van der Waals surface area contributed by atoms with Crippen molar-refractivity contribution in [1.82, 2.24) is 9.27 Å². The molecule has 61 valence electrons. The molecule has 0 saturated carbocycles. The highest BCUT2D eigenvalue weighted by Crippen LogP contribution is 2.11. The summed E-state index contributed by atoms with van der Waals surface area (Å²) < 4.78 is 2.64. The standard InChI is InChI=1S/C9H11N3/c1-9-10-5-8-12(9,2)11-6-3-4-7-11/h3,5-8H,1-2H3/q+1. The molecule has 0 aliphatic carbocycles. The van der Waals surface area contributed by atoms with E-state index in [-0.39, 0.29) is 0 Å². The summed E-state index contributed by atoms with van der Waals surface area (Å²) >= 11 is 0. The van der Waals surface area contributed by atoms with E-state index in [1.54, 1.807) is 0 Å². The third-order valence-corrected chi connectivity index (χ3v) is 2.28. The maximum atomic E-state index is 4.22. The predicted octanol–water partition coefficient (Wildman–Crippen LogP) is 1.26. The highest BCUT2D eigenvalue weighted by molar-refractivity contribution is 5.88. The average molecular weight is 161 g/mol. The quantitative estimate of drug-likeness (QED) is 0.552. The van der Waals surface area contributed by atoms with Gasteiger partial charge in [-0.25, -0.2) is 4.99 Å². The van der Waals surface area contributed by atoms with E-state index in [0.29, 0.717) is 4.59 Å². The number of quaternary nitrogens is 1. The zero-order valence-corrected chi connectivity index (χ0v) is 7.23. The van der Waals surface area contributed by atoms with E-state index in [2.05, 4.69) is 18.1 Å². The van der Waals surface area contributed by atoms with Gasteiger partial charge in [0.2, 0.25) is 5.84 Å². The maximum Gasteiger partial charge on any atom is 0.229 e. The molecule has 0 amide bonds. The number of hydrogen-bond donors (Lipinski definition) is 0. The Hall–Kier alpha value is -1.35. The van der Waals surface area contributed by atoms with Crippen LogP contribution in [0.25, 0.3) is 0 Å². The summed E-state index contributed by atoms with van der Waals surface area (Å²) in [6.45, 7) is 2.01. The molecule has 1 unspecified atom stereocenters. The molecule has 1 aromatic rings. The lowest BCUT2D eigenvalue weighted by molar-refractivity contribution is 0.384. The summed E-state index contributed by atoms with van der Waals surface area (Å²) in [6.07, 6.45) is 7.75. The highest BCUT2D eigenvalue weighted by Gasteiger charge is 2.28. The van der Waals surface area contributed by atoms with Gasteiger partial charge in [-0.15, -0.1) is 4.59 Å². The van der Waals surface area contributed by atoms with E-state index >= 15 is 0 Å². The lowest BCUT2D eigenvalue weighted by atomic mass is 10.6. The number of rotatable bonds is 1. The second-order valence-corrected chi connectivity index (χ2v) is 2.99. The molecule has 0 N–H and O–H groups in total. The Labute approximate surface area is 71.8 Å². The normalized spacial score (nSPS) is 27.7. The molecule has 2 heterocycles. The van der Waals surface area contributed by atoms with Gasteiger partial charge < -0.3 is 0 Å². The van der Waals surface area contributed by atoms with Gasteiger partial charge in [-0.3, -0.25) is 0 Å². The molecule has 1 aromatic heterocycles. The van der Waals surface area contributed by atoms with E-state index < -0.39 is 0 Å². The molecule has 3 nitrogen and oxygen atoms in total. The molecular formula is C9H11N3+. The lowest BCUT2D eigenvalue weighted by Crippen LogP contribution is -2.50. The van der Waals surface area contributed by atoms with E-state index in [4.69, 9.17) is 0 Å². The first-order chi connectivity index (χ1) is 5.73. The molecule has 0 fully saturated rings. The van der Waals surface area contributed by atoms with Crippen molar-refractivity contribution >= 4 is 5.84 Å². The number of nitrogens with zero attached hydrogens (tertiary/aromatic N) is 3. The maximum absolute atomic E-state index is 4.22. The lowest BCUT2D eigenvalue weighted by Gasteiger charge is -2.25. The number of amidine groups is 1. The molecule has 0 bridgehead atoms. The van der Waals surface area contributed by atoms with Gasteiger partial charge in [0.05, 0.1) is 18.6 Å². The average Bonchev–Trinajstić information content (AvgIpc) is 2.62. The van der Waals surface area contributed by atoms with E-state index in [1.807, 2.05) is 42.5 Å². The first-order valence-corrected chi connectivity index (χ1v) is 3.87. The van der Waals surface area contributed by atoms with Crippen LogP contribution in [0.4, 0.5) is 0 Å². The van der Waals surface area contributed by atoms with Gasteiger partial charge in [-0.1, -0.05) is 0 Å². The molecule has 2 rings (SSSR count). The van der Waals surface area contributed by atoms with E-state index in [0.717, 1.165) is 5.84 Å². The SMILES string of the molecule is CC1=NC=C[N+]1(C)n1c[c]cc1. The number of hydrogen-bond acceptors (Lipinski definition) is 1.